The highest BCUT2D eigenvalue weighted by Gasteiger charge is 2.45. The fraction of sp³-hybridized carbons (Fsp3) is 0.750. The third-order valence-electron chi connectivity index (χ3n) is 18.8. The highest BCUT2D eigenvalue weighted by molar-refractivity contribution is 6.74. The van der Waals surface area contributed by atoms with Crippen LogP contribution in [0.1, 0.15) is 254 Å². The summed E-state index contributed by atoms with van der Waals surface area (Å²) in [4.78, 5) is 94.9. The first kappa shape index (κ1) is 93.8. The lowest BCUT2D eigenvalue weighted by Crippen LogP contribution is -2.53. The average molecular weight is 1500 g/mol. The van der Waals surface area contributed by atoms with Crippen molar-refractivity contribution >= 4 is 64.9 Å². The van der Waals surface area contributed by atoms with Gasteiger partial charge in [-0.3, -0.25) is 19.2 Å². The Morgan fingerprint density at radius 2 is 0.750 bits per heavy atom. The van der Waals surface area contributed by atoms with Gasteiger partial charge in [0.25, 0.3) is 0 Å². The number of amides is 4. The zero-order valence-electron chi connectivity index (χ0n) is 69.0. The van der Waals surface area contributed by atoms with Gasteiger partial charge in [-0.15, -0.1) is 0 Å². The summed E-state index contributed by atoms with van der Waals surface area (Å²) >= 11 is 0. The molecule has 2 fully saturated rings. The Kier molecular flexibility index (Phi) is 36.7. The van der Waals surface area contributed by atoms with E-state index in [4.69, 9.17) is 37.3 Å². The van der Waals surface area contributed by atoms with Gasteiger partial charge in [-0.1, -0.05) is 159 Å². The van der Waals surface area contributed by atoms with Crippen LogP contribution in [0.3, 0.4) is 0 Å². The molecule has 0 bridgehead atoms. The maximum absolute atomic E-state index is 13.2. The zero-order valence-corrected chi connectivity index (χ0v) is 71.0. The van der Waals surface area contributed by atoms with Gasteiger partial charge < -0.3 is 68.8 Å². The van der Waals surface area contributed by atoms with Gasteiger partial charge in [0, 0.05) is 18.8 Å². The van der Waals surface area contributed by atoms with Gasteiger partial charge in [-0.25, -0.2) is 19.2 Å². The van der Waals surface area contributed by atoms with Gasteiger partial charge >= 0.3 is 48.3 Å². The first-order valence-electron chi connectivity index (χ1n) is 37.7. The molecule has 3 aliphatic rings. The number of nitrogens with one attached hydrogen (secondary N) is 4. The average Bonchev–Trinajstić information content (AvgIpc) is 1.61. The molecule has 0 spiro atoms. The van der Waals surface area contributed by atoms with Crippen LogP contribution in [-0.4, -0.2) is 147 Å². The molecule has 2 aliphatic heterocycles. The molecule has 2 aromatic rings. The monoisotopic (exact) mass is 1500 g/mol. The number of hydrogen-bond acceptors (Lipinski definition) is 16. The Labute approximate surface area is 626 Å². The number of carbonyl (C=O) groups is 8. The lowest BCUT2D eigenvalue weighted by molar-refractivity contribution is -0.143. The molecular formula is C80H138N4O18Si2. The Morgan fingerprint density at radius 3 is 1.02 bits per heavy atom. The number of benzene rings is 2. The molecule has 22 nitrogen and oxygen atoms in total. The van der Waals surface area contributed by atoms with E-state index in [1.54, 1.807) is 13.8 Å². The number of esters is 2. The van der Waals surface area contributed by atoms with Gasteiger partial charge in [0.1, 0.15) is 35.6 Å². The van der Waals surface area contributed by atoms with Gasteiger partial charge in [0.2, 0.25) is 0 Å². The molecule has 2 aromatic carbocycles. The molecule has 4 amide bonds. The lowest BCUT2D eigenvalue weighted by atomic mass is 9.93. The van der Waals surface area contributed by atoms with Crippen molar-refractivity contribution in [2.75, 3.05) is 6.61 Å². The number of carboxylic acid groups (broad SMARTS) is 2. The van der Waals surface area contributed by atoms with Crippen molar-refractivity contribution in [2.24, 2.45) is 35.5 Å². The van der Waals surface area contributed by atoms with Crippen LogP contribution in [0.25, 0.3) is 11.1 Å². The lowest BCUT2D eigenvalue weighted by Gasteiger charge is -2.42. The molecule has 5 rings (SSSR count). The molecule has 1 aliphatic carbocycles. The number of rotatable bonds is 28. The topological polar surface area (TPSA) is 299 Å². The van der Waals surface area contributed by atoms with Crippen molar-refractivity contribution in [2.45, 2.75) is 345 Å². The van der Waals surface area contributed by atoms with Gasteiger partial charge in [0.05, 0.1) is 48.2 Å². The third-order valence-corrected chi connectivity index (χ3v) is 27.8. The third kappa shape index (κ3) is 34.5. The smallest absolute Gasteiger partial charge is 0.408 e. The van der Waals surface area contributed by atoms with Crippen LogP contribution in [0.2, 0.25) is 36.3 Å². The Bertz CT molecular complexity index is 2950. The summed E-state index contributed by atoms with van der Waals surface area (Å²) in [6.07, 6.45) is 2.52. The Morgan fingerprint density at radius 1 is 0.452 bits per heavy atom. The van der Waals surface area contributed by atoms with E-state index >= 15 is 0 Å². The second kappa shape index (κ2) is 40.6. The molecule has 104 heavy (non-hydrogen) atoms. The van der Waals surface area contributed by atoms with Crippen LogP contribution in [0.15, 0.2) is 48.5 Å². The summed E-state index contributed by atoms with van der Waals surface area (Å²) in [5.41, 5.74) is 3.03. The SMILES string of the molecule is CC(C)CC(NC(=O)OC(C)(C)C)[C@@H]1CCC(=O)O1.CC(C)CC(NC(=O)OC(C)(C)C)[C@@H]1CCC(=O)O1.CC(C)CC(NC(=O)OC(C)(C)C)[C@H](C[C@@H](C)C(=O)O)O[Si](C)(C)C(C)(C)C.CC(C)CC(NC(=O)OCC1c2ccccc2-c2ccccc21)[C@H](C[C@@H](C)C(=O)O)O[Si](C)(C)C(C)(C)C. The first-order valence-corrected chi connectivity index (χ1v) is 43.5. The van der Waals surface area contributed by atoms with Crippen LogP contribution >= 0.6 is 0 Å². The molecule has 24 heteroatoms. The Balaban J connectivity index is 0.000000493. The van der Waals surface area contributed by atoms with Crippen molar-refractivity contribution in [1.82, 2.24) is 21.3 Å². The first-order chi connectivity index (χ1) is 47.4. The molecular weight excluding hydrogens is 1360 g/mol. The summed E-state index contributed by atoms with van der Waals surface area (Å²) < 4.78 is 45.6. The van der Waals surface area contributed by atoms with E-state index in [-0.39, 0.29) is 82.9 Å². The number of fused-ring (bicyclic) bond motifs is 3. The number of hydrogen-bond donors (Lipinski definition) is 6. The molecule has 2 heterocycles. The Hall–Kier alpha value is -6.25. The van der Waals surface area contributed by atoms with Crippen molar-refractivity contribution in [3.05, 3.63) is 59.7 Å². The largest absolute Gasteiger partial charge is 0.481 e. The van der Waals surface area contributed by atoms with Crippen LogP contribution in [0.4, 0.5) is 19.2 Å². The van der Waals surface area contributed by atoms with Crippen molar-refractivity contribution in [1.29, 1.82) is 0 Å². The minimum Gasteiger partial charge on any atom is -0.481 e. The van der Waals surface area contributed by atoms with Crippen LogP contribution in [-0.2, 0) is 56.5 Å². The van der Waals surface area contributed by atoms with Crippen molar-refractivity contribution in [3.8, 4) is 11.1 Å². The summed E-state index contributed by atoms with van der Waals surface area (Å²) in [6, 6.07) is 15.5. The second-order valence-corrected chi connectivity index (χ2v) is 45.8. The van der Waals surface area contributed by atoms with E-state index in [0.29, 0.717) is 69.1 Å². The van der Waals surface area contributed by atoms with E-state index in [1.165, 1.54) is 11.1 Å². The number of cyclic esters (lactones) is 2. The molecule has 10 atom stereocenters. The standard InChI is InChI=1S/C31H45NO5Si.C21H43NO5Si.2C14H25NO4/c1-20(2)17-27(28(18-21(3)29(33)34)37-38(7,8)31(4,5)6)32-30(35)36-19-26-24-15-11-9-13-22(24)23-14-10-12-16-25(23)26;1-14(2)12-16(22-19(25)26-20(4,5)6)17(13-15(3)18(23)24)27-28(10,11)21(7,8)9;2*1-9(2)8-10(11-6-7-12(16)18-11)15-13(17)19-14(3,4)5/h9-16,20-21,26-28H,17-19H2,1-8H3,(H,32,35)(H,33,34);14-17H,12-13H2,1-11H3,(H,22,25)(H,23,24);2*9-11H,6-8H2,1-5H3,(H,15,17)/t21-,27?,28+;15-,16?,17+;2*10?,11-/m1100/s1. The van der Waals surface area contributed by atoms with Crippen LogP contribution < -0.4 is 21.3 Å². The molecule has 4 unspecified atom stereocenters. The van der Waals surface area contributed by atoms with Crippen molar-refractivity contribution < 1.29 is 85.8 Å². The highest BCUT2D eigenvalue weighted by Crippen LogP contribution is 2.45. The number of carbonyl (C=O) groups excluding carboxylic acids is 6. The molecule has 6 N–H and O–H groups in total. The predicted molar refractivity (Wildman–Crippen MR) is 414 cm³/mol. The quantitative estimate of drug-likeness (QED) is 0.0262. The fourth-order valence-corrected chi connectivity index (χ4v) is 14.4. The number of carboxylic acids is 2. The van der Waals surface area contributed by atoms with Crippen molar-refractivity contribution in [3.63, 3.8) is 0 Å². The number of aliphatic carboxylic acids is 2. The van der Waals surface area contributed by atoms with Crippen LogP contribution in [0.5, 0.6) is 0 Å². The van der Waals surface area contributed by atoms with Gasteiger partial charge in [0.15, 0.2) is 16.6 Å². The predicted octanol–water partition coefficient (Wildman–Crippen LogP) is 18.1. The zero-order chi connectivity index (χ0) is 80.0. The number of alkyl carbamates (subject to hydrolysis) is 4. The minimum absolute atomic E-state index is 0.0218. The maximum atomic E-state index is 13.2. The van der Waals surface area contributed by atoms with Crippen LogP contribution in [0, 0.1) is 35.5 Å². The van der Waals surface area contributed by atoms with E-state index in [9.17, 15) is 48.6 Å². The summed E-state index contributed by atoms with van der Waals surface area (Å²) in [5.74, 6) is -1.89. The normalized spacial score (nSPS) is 18.0. The summed E-state index contributed by atoms with van der Waals surface area (Å²) in [7, 11) is -4.40. The summed E-state index contributed by atoms with van der Waals surface area (Å²) in [6.45, 7) is 58.1. The van der Waals surface area contributed by atoms with E-state index in [2.05, 4.69) is 169 Å². The highest BCUT2D eigenvalue weighted by atomic mass is 28.4. The van der Waals surface area contributed by atoms with E-state index < -0.39 is 87.7 Å². The molecule has 2 saturated heterocycles. The summed E-state index contributed by atoms with van der Waals surface area (Å²) in [5, 5.41) is 30.7. The van der Waals surface area contributed by atoms with Gasteiger partial charge in [-0.05, 0) is 196 Å². The number of ether oxygens (including phenoxy) is 6. The molecule has 0 saturated carbocycles. The van der Waals surface area contributed by atoms with E-state index in [0.717, 1.165) is 24.0 Å². The maximum Gasteiger partial charge on any atom is 0.408 e. The minimum atomic E-state index is -2.24. The molecule has 594 valence electrons. The molecule has 0 aromatic heterocycles. The van der Waals surface area contributed by atoms with E-state index in [1.807, 2.05) is 86.6 Å². The molecule has 0 radical (unpaired) electrons. The van der Waals surface area contributed by atoms with Gasteiger partial charge in [-0.2, -0.15) is 0 Å². The second-order valence-electron chi connectivity index (χ2n) is 36.3. The fourth-order valence-electron chi connectivity index (χ4n) is 11.7.